The van der Waals surface area contributed by atoms with Gasteiger partial charge in [0, 0.05) is 18.3 Å². The lowest BCUT2D eigenvalue weighted by Gasteiger charge is -2.23. The van der Waals surface area contributed by atoms with E-state index in [1.807, 2.05) is 29.1 Å². The number of hydrogen-bond acceptors (Lipinski definition) is 4. The van der Waals surface area contributed by atoms with Crippen LogP contribution in [0.5, 0.6) is 0 Å². The maximum absolute atomic E-state index is 13.9. The van der Waals surface area contributed by atoms with Crippen molar-refractivity contribution >= 4 is 0 Å². The third-order valence-corrected chi connectivity index (χ3v) is 6.20. The Morgan fingerprint density at radius 3 is 2.69 bits per heavy atom. The summed E-state index contributed by atoms with van der Waals surface area (Å²) < 4.78 is 15.8. The number of benzene rings is 2. The molecule has 6 heteroatoms. The van der Waals surface area contributed by atoms with Crippen molar-refractivity contribution in [2.45, 2.75) is 39.3 Å². The second-order valence-corrected chi connectivity index (χ2v) is 8.43. The van der Waals surface area contributed by atoms with Crippen LogP contribution in [0.25, 0.3) is 17.1 Å². The van der Waals surface area contributed by atoms with E-state index in [-0.39, 0.29) is 11.9 Å². The molecule has 1 aliphatic rings. The van der Waals surface area contributed by atoms with E-state index in [0.29, 0.717) is 11.4 Å². The van der Waals surface area contributed by atoms with E-state index < -0.39 is 0 Å². The molecule has 2 aromatic heterocycles. The lowest BCUT2D eigenvalue weighted by atomic mass is 10.1. The molecule has 1 fully saturated rings. The van der Waals surface area contributed by atoms with E-state index in [2.05, 4.69) is 48.0 Å². The number of nitrogens with zero attached hydrogens (tertiary/aromatic N) is 5. The van der Waals surface area contributed by atoms with Crippen LogP contribution in [-0.4, -0.2) is 31.2 Å². The summed E-state index contributed by atoms with van der Waals surface area (Å²) in [6.45, 7) is 5.95. The summed E-state index contributed by atoms with van der Waals surface area (Å²) in [6.07, 6.45) is 3.92. The number of likely N-dealkylation sites (tertiary alicyclic amines) is 1. The molecule has 3 heterocycles. The van der Waals surface area contributed by atoms with Gasteiger partial charge in [0.05, 0.1) is 17.4 Å². The Hall–Kier alpha value is -3.38. The summed E-state index contributed by atoms with van der Waals surface area (Å²) in [5.41, 5.74) is 5.14. The first-order valence-corrected chi connectivity index (χ1v) is 11.0. The summed E-state index contributed by atoms with van der Waals surface area (Å²) in [5.74, 6) is 1.15. The fourth-order valence-electron chi connectivity index (χ4n) is 4.34. The molecule has 0 N–H and O–H groups in total. The van der Waals surface area contributed by atoms with Crippen molar-refractivity contribution in [3.8, 4) is 17.1 Å². The van der Waals surface area contributed by atoms with Crippen molar-refractivity contribution in [2.75, 3.05) is 6.54 Å². The number of hydrogen-bond donors (Lipinski definition) is 0. The monoisotopic (exact) mass is 427 g/mol. The van der Waals surface area contributed by atoms with Crippen molar-refractivity contribution in [3.63, 3.8) is 0 Å². The quantitative estimate of drug-likeness (QED) is 0.427. The molecular weight excluding hydrogens is 401 g/mol. The first kappa shape index (κ1) is 20.5. The minimum Gasteiger partial charge on any atom is -0.288 e. The smallest absolute Gasteiger partial charge is 0.182 e. The highest BCUT2D eigenvalue weighted by Gasteiger charge is 2.31. The summed E-state index contributed by atoms with van der Waals surface area (Å²) in [4.78, 5) is 11.9. The molecular formula is C26H26FN5. The zero-order valence-electron chi connectivity index (χ0n) is 18.4. The van der Waals surface area contributed by atoms with Crippen LogP contribution in [0.4, 0.5) is 4.39 Å². The molecule has 0 spiro atoms. The summed E-state index contributed by atoms with van der Waals surface area (Å²) in [6, 6.07) is 18.9. The zero-order valence-corrected chi connectivity index (χ0v) is 18.4. The third-order valence-electron chi connectivity index (χ3n) is 6.20. The summed E-state index contributed by atoms with van der Waals surface area (Å²) in [7, 11) is 0. The lowest BCUT2D eigenvalue weighted by Crippen LogP contribution is -2.25. The molecule has 2 aromatic carbocycles. The number of pyridine rings is 1. The summed E-state index contributed by atoms with van der Waals surface area (Å²) >= 11 is 0. The Balaban J connectivity index is 1.58. The van der Waals surface area contributed by atoms with Crippen molar-refractivity contribution in [1.82, 2.24) is 24.6 Å². The Morgan fingerprint density at radius 2 is 1.91 bits per heavy atom. The first-order chi connectivity index (χ1) is 15.6. The van der Waals surface area contributed by atoms with Gasteiger partial charge in [0.1, 0.15) is 11.6 Å². The van der Waals surface area contributed by atoms with Crippen LogP contribution in [0.3, 0.4) is 0 Å². The number of aromatic nitrogens is 4. The van der Waals surface area contributed by atoms with Gasteiger partial charge >= 0.3 is 0 Å². The molecule has 5 nitrogen and oxygen atoms in total. The summed E-state index contributed by atoms with van der Waals surface area (Å²) in [5, 5.41) is 4.85. The fraction of sp³-hybridized carbons (Fsp3) is 0.269. The molecule has 0 radical (unpaired) electrons. The van der Waals surface area contributed by atoms with Crippen LogP contribution in [0, 0.1) is 19.7 Å². The van der Waals surface area contributed by atoms with Gasteiger partial charge in [0.15, 0.2) is 5.82 Å². The second-order valence-electron chi connectivity index (χ2n) is 8.43. The largest absolute Gasteiger partial charge is 0.288 e. The maximum Gasteiger partial charge on any atom is 0.182 e. The Bertz CT molecular complexity index is 1230. The molecule has 1 aliphatic heterocycles. The Labute approximate surface area is 187 Å². The van der Waals surface area contributed by atoms with E-state index in [0.717, 1.165) is 43.1 Å². The highest BCUT2D eigenvalue weighted by molar-refractivity contribution is 5.55. The number of aryl methyl sites for hydroxylation is 2. The van der Waals surface area contributed by atoms with Gasteiger partial charge in [-0.05, 0) is 80.8 Å². The van der Waals surface area contributed by atoms with Crippen molar-refractivity contribution < 1.29 is 4.39 Å². The molecule has 5 rings (SSSR count). The van der Waals surface area contributed by atoms with Gasteiger partial charge in [-0.1, -0.05) is 24.3 Å². The topological polar surface area (TPSA) is 46.8 Å². The van der Waals surface area contributed by atoms with Gasteiger partial charge in [0.2, 0.25) is 0 Å². The Kier molecular flexibility index (Phi) is 5.53. The van der Waals surface area contributed by atoms with Crippen LogP contribution in [-0.2, 0) is 6.54 Å². The van der Waals surface area contributed by atoms with Gasteiger partial charge in [-0.25, -0.2) is 14.1 Å². The van der Waals surface area contributed by atoms with E-state index in [1.54, 1.807) is 6.07 Å². The van der Waals surface area contributed by atoms with Gasteiger partial charge in [-0.3, -0.25) is 9.88 Å². The molecule has 1 saturated heterocycles. The molecule has 1 unspecified atom stereocenters. The Morgan fingerprint density at radius 1 is 1.00 bits per heavy atom. The van der Waals surface area contributed by atoms with Crippen LogP contribution >= 0.6 is 0 Å². The predicted octanol–water partition coefficient (Wildman–Crippen LogP) is 5.42. The zero-order chi connectivity index (χ0) is 22.1. The molecule has 1 atom stereocenters. The number of halogens is 1. The van der Waals surface area contributed by atoms with Crippen LogP contribution in [0.2, 0.25) is 0 Å². The second kappa shape index (κ2) is 8.63. The average Bonchev–Trinajstić information content (AvgIpc) is 3.43. The SMILES string of the molecule is Cc1ccc(-n2nc(-c3cccc(F)c3)nc2C2CCCN2Cc2ccccn2)cc1C. The van der Waals surface area contributed by atoms with Gasteiger partial charge < -0.3 is 0 Å². The van der Waals surface area contributed by atoms with Gasteiger partial charge in [0.25, 0.3) is 0 Å². The molecule has 0 bridgehead atoms. The highest BCUT2D eigenvalue weighted by atomic mass is 19.1. The molecule has 32 heavy (non-hydrogen) atoms. The van der Waals surface area contributed by atoms with E-state index in [9.17, 15) is 4.39 Å². The first-order valence-electron chi connectivity index (χ1n) is 11.0. The minimum atomic E-state index is -0.288. The van der Waals surface area contributed by atoms with E-state index in [1.165, 1.54) is 23.3 Å². The van der Waals surface area contributed by atoms with Gasteiger partial charge in [-0.15, -0.1) is 5.10 Å². The molecule has 4 aromatic rings. The minimum absolute atomic E-state index is 0.119. The fourth-order valence-corrected chi connectivity index (χ4v) is 4.34. The normalized spacial score (nSPS) is 16.5. The van der Waals surface area contributed by atoms with Crippen LogP contribution < -0.4 is 0 Å². The molecule has 0 saturated carbocycles. The lowest BCUT2D eigenvalue weighted by molar-refractivity contribution is 0.234. The number of rotatable bonds is 5. The molecule has 0 aliphatic carbocycles. The van der Waals surface area contributed by atoms with Crippen molar-refractivity contribution in [3.05, 3.63) is 95.3 Å². The van der Waals surface area contributed by atoms with Crippen LogP contribution in [0.15, 0.2) is 66.9 Å². The average molecular weight is 428 g/mol. The highest BCUT2D eigenvalue weighted by Crippen LogP contribution is 2.34. The van der Waals surface area contributed by atoms with E-state index >= 15 is 0 Å². The maximum atomic E-state index is 13.9. The predicted molar refractivity (Wildman–Crippen MR) is 123 cm³/mol. The van der Waals surface area contributed by atoms with E-state index in [4.69, 9.17) is 10.1 Å². The van der Waals surface area contributed by atoms with Gasteiger partial charge in [-0.2, -0.15) is 0 Å². The molecule has 162 valence electrons. The van der Waals surface area contributed by atoms with Crippen molar-refractivity contribution in [1.29, 1.82) is 0 Å². The third kappa shape index (κ3) is 4.06. The van der Waals surface area contributed by atoms with Crippen molar-refractivity contribution in [2.24, 2.45) is 0 Å². The standard InChI is InChI=1S/C26H26FN5/c1-18-11-12-23(15-19(18)2)32-26(29-25(30-32)20-7-5-8-21(27)16-20)24-10-6-14-31(24)17-22-9-3-4-13-28-22/h3-5,7-9,11-13,15-16,24H,6,10,14,17H2,1-2H3. The van der Waals surface area contributed by atoms with Crippen LogP contribution in [0.1, 0.15) is 41.5 Å². The molecule has 0 amide bonds.